The van der Waals surface area contributed by atoms with Gasteiger partial charge in [-0.25, -0.2) is 0 Å². The van der Waals surface area contributed by atoms with Crippen molar-refractivity contribution in [2.75, 3.05) is 6.61 Å². The van der Waals surface area contributed by atoms with E-state index in [1.807, 2.05) is 25.1 Å². The van der Waals surface area contributed by atoms with Crippen LogP contribution in [0.25, 0.3) is 0 Å². The van der Waals surface area contributed by atoms with Gasteiger partial charge in [0.2, 0.25) is 0 Å². The van der Waals surface area contributed by atoms with E-state index in [0.29, 0.717) is 11.0 Å². The minimum Gasteiger partial charge on any atom is -0.507 e. The predicted octanol–water partition coefficient (Wildman–Crippen LogP) is 2.88. The Morgan fingerprint density at radius 1 is 1.33 bits per heavy atom. The molecule has 1 unspecified atom stereocenters. The SMILES string of the molecule is Cc1cccc(C(CO)SC(C)C)c1O. The maximum atomic E-state index is 9.89. The second kappa shape index (κ2) is 5.42. The van der Waals surface area contributed by atoms with Crippen LogP contribution in [0.3, 0.4) is 0 Å². The Kier molecular flexibility index (Phi) is 4.48. The molecule has 0 bridgehead atoms. The fraction of sp³-hybridized carbons (Fsp3) is 0.500. The van der Waals surface area contributed by atoms with E-state index in [0.717, 1.165) is 11.1 Å². The molecule has 1 aromatic carbocycles. The zero-order valence-electron chi connectivity index (χ0n) is 9.40. The zero-order valence-corrected chi connectivity index (χ0v) is 10.2. The fourth-order valence-corrected chi connectivity index (χ4v) is 2.56. The van der Waals surface area contributed by atoms with Gasteiger partial charge in [-0.2, -0.15) is 0 Å². The molecule has 0 fully saturated rings. The first-order valence-electron chi connectivity index (χ1n) is 5.11. The molecule has 1 aromatic rings. The second-order valence-electron chi connectivity index (χ2n) is 3.87. The number of aliphatic hydroxyl groups is 1. The lowest BCUT2D eigenvalue weighted by Crippen LogP contribution is -2.04. The van der Waals surface area contributed by atoms with Crippen LogP contribution in [0, 0.1) is 6.92 Å². The molecule has 0 aliphatic carbocycles. The third-order valence-electron chi connectivity index (χ3n) is 2.22. The van der Waals surface area contributed by atoms with Crippen LogP contribution >= 0.6 is 11.8 Å². The summed E-state index contributed by atoms with van der Waals surface area (Å²) >= 11 is 1.67. The van der Waals surface area contributed by atoms with Crippen LogP contribution < -0.4 is 0 Å². The summed E-state index contributed by atoms with van der Waals surface area (Å²) in [4.78, 5) is 0. The number of aromatic hydroxyl groups is 1. The number of aliphatic hydroxyl groups excluding tert-OH is 1. The third kappa shape index (κ3) is 3.14. The number of benzene rings is 1. The van der Waals surface area contributed by atoms with E-state index in [1.54, 1.807) is 11.8 Å². The third-order valence-corrected chi connectivity index (χ3v) is 3.49. The van der Waals surface area contributed by atoms with Crippen molar-refractivity contribution in [3.8, 4) is 5.75 Å². The van der Waals surface area contributed by atoms with Crippen molar-refractivity contribution in [1.82, 2.24) is 0 Å². The molecule has 84 valence electrons. The summed E-state index contributed by atoms with van der Waals surface area (Å²) in [7, 11) is 0. The van der Waals surface area contributed by atoms with Gasteiger partial charge in [-0.3, -0.25) is 0 Å². The van der Waals surface area contributed by atoms with Gasteiger partial charge in [-0.05, 0) is 17.7 Å². The molecular formula is C12H18O2S. The van der Waals surface area contributed by atoms with Gasteiger partial charge in [0.1, 0.15) is 5.75 Å². The fourth-order valence-electron chi connectivity index (χ4n) is 1.48. The molecule has 0 radical (unpaired) electrons. The summed E-state index contributed by atoms with van der Waals surface area (Å²) in [6.07, 6.45) is 0. The van der Waals surface area contributed by atoms with Crippen molar-refractivity contribution in [3.05, 3.63) is 29.3 Å². The molecule has 2 nitrogen and oxygen atoms in total. The number of phenolic OH excluding ortho intramolecular Hbond substituents is 1. The van der Waals surface area contributed by atoms with E-state index in [1.165, 1.54) is 0 Å². The highest BCUT2D eigenvalue weighted by molar-refractivity contribution is 8.00. The minimum atomic E-state index is -0.0371. The van der Waals surface area contributed by atoms with Crippen LogP contribution in [0.2, 0.25) is 0 Å². The van der Waals surface area contributed by atoms with E-state index < -0.39 is 0 Å². The summed E-state index contributed by atoms with van der Waals surface area (Å²) in [5, 5.41) is 19.6. The number of thioether (sulfide) groups is 1. The number of phenols is 1. The Morgan fingerprint density at radius 2 is 2.00 bits per heavy atom. The molecule has 0 aromatic heterocycles. The molecule has 15 heavy (non-hydrogen) atoms. The highest BCUT2D eigenvalue weighted by Crippen LogP contribution is 2.37. The Morgan fingerprint density at radius 3 is 2.53 bits per heavy atom. The van der Waals surface area contributed by atoms with Gasteiger partial charge in [0.25, 0.3) is 0 Å². The average Bonchev–Trinajstić information content (AvgIpc) is 2.19. The van der Waals surface area contributed by atoms with Gasteiger partial charge in [0.05, 0.1) is 11.9 Å². The predicted molar refractivity (Wildman–Crippen MR) is 65.4 cm³/mol. The van der Waals surface area contributed by atoms with Crippen LogP contribution in [-0.4, -0.2) is 22.1 Å². The first-order valence-corrected chi connectivity index (χ1v) is 6.05. The van der Waals surface area contributed by atoms with Gasteiger partial charge < -0.3 is 10.2 Å². The first-order chi connectivity index (χ1) is 7.06. The van der Waals surface area contributed by atoms with E-state index in [4.69, 9.17) is 0 Å². The molecule has 0 aliphatic rings. The van der Waals surface area contributed by atoms with Crippen molar-refractivity contribution in [3.63, 3.8) is 0 Å². The van der Waals surface area contributed by atoms with Gasteiger partial charge in [0, 0.05) is 5.56 Å². The first kappa shape index (κ1) is 12.4. The molecule has 2 N–H and O–H groups in total. The number of hydrogen-bond acceptors (Lipinski definition) is 3. The van der Waals surface area contributed by atoms with Gasteiger partial charge in [-0.15, -0.1) is 11.8 Å². The number of hydrogen-bond donors (Lipinski definition) is 2. The molecule has 0 saturated heterocycles. The largest absolute Gasteiger partial charge is 0.507 e. The zero-order chi connectivity index (χ0) is 11.4. The van der Waals surface area contributed by atoms with Crippen LogP contribution in [-0.2, 0) is 0 Å². The Bertz CT molecular complexity index is 323. The molecule has 3 heteroatoms. The Labute approximate surface area is 95.3 Å². The maximum Gasteiger partial charge on any atom is 0.122 e. The van der Waals surface area contributed by atoms with Gasteiger partial charge in [0.15, 0.2) is 0 Å². The monoisotopic (exact) mass is 226 g/mol. The van der Waals surface area contributed by atoms with Gasteiger partial charge >= 0.3 is 0 Å². The molecule has 0 aliphatic heterocycles. The lowest BCUT2D eigenvalue weighted by Gasteiger charge is -2.18. The van der Waals surface area contributed by atoms with Crippen molar-refractivity contribution in [2.45, 2.75) is 31.3 Å². The topological polar surface area (TPSA) is 40.5 Å². The molecule has 1 rings (SSSR count). The molecule has 0 spiro atoms. The Hall–Kier alpha value is -0.670. The van der Waals surface area contributed by atoms with Crippen LogP contribution in [0.4, 0.5) is 0 Å². The van der Waals surface area contributed by atoms with Gasteiger partial charge in [-0.1, -0.05) is 32.0 Å². The summed E-state index contributed by atoms with van der Waals surface area (Å²) in [6.45, 7) is 6.09. The summed E-state index contributed by atoms with van der Waals surface area (Å²) in [5.41, 5.74) is 1.69. The molecule has 0 heterocycles. The van der Waals surface area contributed by atoms with E-state index in [2.05, 4.69) is 13.8 Å². The van der Waals surface area contributed by atoms with E-state index in [9.17, 15) is 10.2 Å². The quantitative estimate of drug-likeness (QED) is 0.829. The van der Waals surface area contributed by atoms with Crippen molar-refractivity contribution < 1.29 is 10.2 Å². The van der Waals surface area contributed by atoms with Crippen molar-refractivity contribution in [1.29, 1.82) is 0 Å². The molecule has 0 amide bonds. The normalized spacial score (nSPS) is 13.1. The standard InChI is InChI=1S/C12H18O2S/c1-8(2)15-11(7-13)10-6-4-5-9(3)12(10)14/h4-6,8,11,13-14H,7H2,1-3H3. The summed E-state index contributed by atoms with van der Waals surface area (Å²) in [6, 6.07) is 5.65. The van der Waals surface area contributed by atoms with Crippen LogP contribution in [0.1, 0.15) is 30.2 Å². The second-order valence-corrected chi connectivity index (χ2v) is 5.65. The summed E-state index contributed by atoms with van der Waals surface area (Å²) in [5.74, 6) is 0.310. The summed E-state index contributed by atoms with van der Waals surface area (Å²) < 4.78 is 0. The average molecular weight is 226 g/mol. The molecule has 1 atom stereocenters. The minimum absolute atomic E-state index is 0.0371. The number of para-hydroxylation sites is 1. The van der Waals surface area contributed by atoms with E-state index >= 15 is 0 Å². The highest BCUT2D eigenvalue weighted by atomic mass is 32.2. The van der Waals surface area contributed by atoms with Crippen molar-refractivity contribution in [2.24, 2.45) is 0 Å². The lowest BCUT2D eigenvalue weighted by molar-refractivity contribution is 0.293. The van der Waals surface area contributed by atoms with Crippen molar-refractivity contribution >= 4 is 11.8 Å². The van der Waals surface area contributed by atoms with E-state index in [-0.39, 0.29) is 11.9 Å². The van der Waals surface area contributed by atoms with Crippen LogP contribution in [0.5, 0.6) is 5.75 Å². The van der Waals surface area contributed by atoms with Crippen LogP contribution in [0.15, 0.2) is 18.2 Å². The maximum absolute atomic E-state index is 9.89. The number of aryl methyl sites for hydroxylation is 1. The smallest absolute Gasteiger partial charge is 0.122 e. The lowest BCUT2D eigenvalue weighted by atomic mass is 10.1. The highest BCUT2D eigenvalue weighted by Gasteiger charge is 2.17. The number of rotatable bonds is 4. The molecular weight excluding hydrogens is 208 g/mol. The molecule has 0 saturated carbocycles. The Balaban J connectivity index is 2.96.